The van der Waals surface area contributed by atoms with Crippen molar-refractivity contribution >= 4 is 17.8 Å². The Balaban J connectivity index is 1.26. The van der Waals surface area contributed by atoms with Gasteiger partial charge in [-0.3, -0.25) is 19.4 Å². The number of nitrogens with one attached hydrogen (secondary N) is 2. The first kappa shape index (κ1) is 21.6. The third-order valence-electron chi connectivity index (χ3n) is 7.43. The van der Waals surface area contributed by atoms with E-state index in [0.717, 1.165) is 64.7 Å². The number of piperazine rings is 1. The number of nitrogens with zero attached hydrogens (tertiary/aromatic N) is 3. The maximum absolute atomic E-state index is 13.2. The van der Waals surface area contributed by atoms with Gasteiger partial charge >= 0.3 is 6.03 Å². The molecule has 0 unspecified atom stereocenters. The van der Waals surface area contributed by atoms with Crippen molar-refractivity contribution in [3.63, 3.8) is 0 Å². The molecular weight excluding hydrogens is 382 g/mol. The summed E-state index contributed by atoms with van der Waals surface area (Å²) in [6.45, 7) is 10.6. The molecule has 0 atom stereocenters. The molecule has 0 aromatic carbocycles. The van der Waals surface area contributed by atoms with Gasteiger partial charge in [0, 0.05) is 32.2 Å². The van der Waals surface area contributed by atoms with E-state index in [2.05, 4.69) is 41.2 Å². The number of amides is 4. The van der Waals surface area contributed by atoms with Gasteiger partial charge in [0.2, 0.25) is 5.91 Å². The predicted octanol–water partition coefficient (Wildman–Crippen LogP) is 1.37. The summed E-state index contributed by atoms with van der Waals surface area (Å²) in [6, 6.07) is 0.143. The zero-order chi connectivity index (χ0) is 21.5. The Kier molecular flexibility index (Phi) is 5.83. The summed E-state index contributed by atoms with van der Waals surface area (Å²) >= 11 is 0. The van der Waals surface area contributed by atoms with E-state index in [1.54, 1.807) is 0 Å². The Hall–Kier alpha value is -1.67. The fourth-order valence-corrected chi connectivity index (χ4v) is 5.11. The second-order valence-electron chi connectivity index (χ2n) is 10.8. The minimum absolute atomic E-state index is 0.0499. The van der Waals surface area contributed by atoms with Crippen LogP contribution >= 0.6 is 0 Å². The molecule has 2 aliphatic heterocycles. The molecule has 0 aromatic rings. The first-order valence-electron chi connectivity index (χ1n) is 11.5. The third kappa shape index (κ3) is 4.64. The monoisotopic (exact) mass is 419 g/mol. The van der Waals surface area contributed by atoms with E-state index in [0.29, 0.717) is 25.2 Å². The molecule has 2 saturated heterocycles. The van der Waals surface area contributed by atoms with Gasteiger partial charge in [-0.1, -0.05) is 20.8 Å². The first-order chi connectivity index (χ1) is 14.2. The van der Waals surface area contributed by atoms with E-state index in [-0.39, 0.29) is 23.3 Å². The molecule has 30 heavy (non-hydrogen) atoms. The van der Waals surface area contributed by atoms with E-state index in [1.165, 1.54) is 4.90 Å². The van der Waals surface area contributed by atoms with Gasteiger partial charge in [-0.25, -0.2) is 9.69 Å². The average Bonchev–Trinajstić information content (AvgIpc) is 3.46. The van der Waals surface area contributed by atoms with E-state index in [1.807, 2.05) is 0 Å². The molecule has 168 valence electrons. The van der Waals surface area contributed by atoms with Gasteiger partial charge in [-0.15, -0.1) is 0 Å². The van der Waals surface area contributed by atoms with Gasteiger partial charge in [0.25, 0.3) is 5.91 Å². The van der Waals surface area contributed by atoms with Crippen molar-refractivity contribution in [2.75, 3.05) is 39.4 Å². The number of carbonyl (C=O) groups excluding carboxylic acids is 3. The lowest BCUT2D eigenvalue weighted by atomic mass is 9.67. The highest BCUT2D eigenvalue weighted by molar-refractivity contribution is 6.07. The highest BCUT2D eigenvalue weighted by Gasteiger charge is 2.53. The fraction of sp³-hybridized carbons (Fsp3) is 0.864. The molecule has 0 bridgehead atoms. The van der Waals surface area contributed by atoms with Crippen molar-refractivity contribution in [1.29, 1.82) is 0 Å². The highest BCUT2D eigenvalue weighted by atomic mass is 16.2. The SMILES string of the molecule is CC(C)(C)C1CCC2(CC1)NC(=O)N(CN1CCN(CC(=O)NC3CC3)CC1)C2=O. The average molecular weight is 420 g/mol. The van der Waals surface area contributed by atoms with Crippen LogP contribution in [0.25, 0.3) is 0 Å². The molecule has 8 nitrogen and oxygen atoms in total. The van der Waals surface area contributed by atoms with Crippen molar-refractivity contribution in [2.24, 2.45) is 11.3 Å². The van der Waals surface area contributed by atoms with Crippen LogP contribution in [0.2, 0.25) is 0 Å². The van der Waals surface area contributed by atoms with Gasteiger partial charge < -0.3 is 10.6 Å². The molecule has 4 fully saturated rings. The Morgan fingerprint density at radius 2 is 1.63 bits per heavy atom. The topological polar surface area (TPSA) is 85.0 Å². The van der Waals surface area contributed by atoms with Gasteiger partial charge in [-0.05, 0) is 49.9 Å². The molecule has 2 heterocycles. The molecule has 2 N–H and O–H groups in total. The first-order valence-corrected chi connectivity index (χ1v) is 11.5. The van der Waals surface area contributed by atoms with Gasteiger partial charge in [0.1, 0.15) is 5.54 Å². The minimum Gasteiger partial charge on any atom is -0.352 e. The molecule has 2 aliphatic carbocycles. The van der Waals surface area contributed by atoms with Crippen LogP contribution in [0.1, 0.15) is 59.3 Å². The van der Waals surface area contributed by atoms with Crippen LogP contribution in [0.3, 0.4) is 0 Å². The summed E-state index contributed by atoms with van der Waals surface area (Å²) in [6.07, 6.45) is 5.63. The normalized spacial score (nSPS) is 31.3. The van der Waals surface area contributed by atoms with Crippen molar-refractivity contribution in [1.82, 2.24) is 25.3 Å². The maximum Gasteiger partial charge on any atom is 0.326 e. The maximum atomic E-state index is 13.2. The van der Waals surface area contributed by atoms with Crippen LogP contribution in [-0.4, -0.2) is 83.5 Å². The smallest absolute Gasteiger partial charge is 0.326 e. The van der Waals surface area contributed by atoms with Crippen molar-refractivity contribution < 1.29 is 14.4 Å². The largest absolute Gasteiger partial charge is 0.352 e. The van der Waals surface area contributed by atoms with E-state index >= 15 is 0 Å². The van der Waals surface area contributed by atoms with E-state index in [9.17, 15) is 14.4 Å². The fourth-order valence-electron chi connectivity index (χ4n) is 5.11. The molecule has 4 aliphatic rings. The summed E-state index contributed by atoms with van der Waals surface area (Å²) < 4.78 is 0. The van der Waals surface area contributed by atoms with Crippen LogP contribution in [0, 0.1) is 11.3 Å². The summed E-state index contributed by atoms with van der Waals surface area (Å²) in [4.78, 5) is 43.5. The summed E-state index contributed by atoms with van der Waals surface area (Å²) in [5.74, 6) is 0.644. The summed E-state index contributed by atoms with van der Waals surface area (Å²) in [7, 11) is 0. The Bertz CT molecular complexity index is 683. The van der Waals surface area contributed by atoms with Gasteiger partial charge in [0.05, 0.1) is 13.2 Å². The molecule has 4 rings (SSSR count). The van der Waals surface area contributed by atoms with Gasteiger partial charge in [-0.2, -0.15) is 0 Å². The van der Waals surface area contributed by atoms with Crippen LogP contribution in [0.5, 0.6) is 0 Å². The van der Waals surface area contributed by atoms with Crippen LogP contribution < -0.4 is 10.6 Å². The second kappa shape index (κ2) is 8.11. The highest BCUT2D eigenvalue weighted by Crippen LogP contribution is 2.43. The van der Waals surface area contributed by atoms with Crippen molar-refractivity contribution in [2.45, 2.75) is 70.9 Å². The lowest BCUT2D eigenvalue weighted by molar-refractivity contribution is -0.134. The van der Waals surface area contributed by atoms with Gasteiger partial charge in [0.15, 0.2) is 0 Å². The second-order valence-corrected chi connectivity index (χ2v) is 10.8. The number of hydrogen-bond acceptors (Lipinski definition) is 5. The Morgan fingerprint density at radius 3 is 2.20 bits per heavy atom. The molecule has 1 spiro atoms. The molecule has 2 saturated carbocycles. The minimum atomic E-state index is -0.693. The molecular formula is C22H37N5O3. The zero-order valence-corrected chi connectivity index (χ0v) is 18.7. The zero-order valence-electron chi connectivity index (χ0n) is 18.7. The standard InChI is InChI=1S/C22H37N5O3/c1-21(2,3)16-6-8-22(9-7-16)19(29)27(20(30)24-22)15-26-12-10-25(11-13-26)14-18(28)23-17-4-5-17/h16-17H,4-15H2,1-3H3,(H,23,28)(H,24,30). The quantitative estimate of drug-likeness (QED) is 0.658. The lowest BCUT2D eigenvalue weighted by Gasteiger charge is -2.41. The number of rotatable bonds is 5. The lowest BCUT2D eigenvalue weighted by Crippen LogP contribution is -2.54. The van der Waals surface area contributed by atoms with Crippen molar-refractivity contribution in [3.05, 3.63) is 0 Å². The predicted molar refractivity (Wildman–Crippen MR) is 114 cm³/mol. The van der Waals surface area contributed by atoms with Crippen LogP contribution in [0.4, 0.5) is 4.79 Å². The Morgan fingerprint density at radius 1 is 1.03 bits per heavy atom. The third-order valence-corrected chi connectivity index (χ3v) is 7.43. The number of urea groups is 1. The Labute approximate surface area is 179 Å². The summed E-state index contributed by atoms with van der Waals surface area (Å²) in [5.41, 5.74) is -0.455. The van der Waals surface area contributed by atoms with E-state index < -0.39 is 5.54 Å². The summed E-state index contributed by atoms with van der Waals surface area (Å²) in [5, 5.41) is 6.06. The molecule has 0 radical (unpaired) electrons. The number of hydrogen-bond donors (Lipinski definition) is 2. The van der Waals surface area contributed by atoms with Crippen molar-refractivity contribution in [3.8, 4) is 0 Å². The van der Waals surface area contributed by atoms with Crippen LogP contribution in [-0.2, 0) is 9.59 Å². The molecule has 4 amide bonds. The number of imide groups is 1. The van der Waals surface area contributed by atoms with Crippen LogP contribution in [0.15, 0.2) is 0 Å². The number of carbonyl (C=O) groups is 3. The molecule has 0 aromatic heterocycles. The van der Waals surface area contributed by atoms with E-state index in [4.69, 9.17) is 0 Å². The molecule has 8 heteroatoms.